The molecule has 23 heavy (non-hydrogen) atoms. The van der Waals surface area contributed by atoms with Crippen LogP contribution in [0.4, 0.5) is 13.2 Å². The summed E-state index contributed by atoms with van der Waals surface area (Å²) < 4.78 is 39.8. The Balaban J connectivity index is 1.73. The van der Waals surface area contributed by atoms with Crippen molar-refractivity contribution in [2.75, 3.05) is 13.1 Å². The van der Waals surface area contributed by atoms with Crippen LogP contribution in [0.3, 0.4) is 0 Å². The number of benzene rings is 1. The molecule has 2 fully saturated rings. The lowest BCUT2D eigenvalue weighted by Gasteiger charge is -2.58. The van der Waals surface area contributed by atoms with Gasteiger partial charge in [-0.05, 0) is 48.3 Å². The number of hydrogen-bond donors (Lipinski definition) is 0. The largest absolute Gasteiger partial charge is 0.416 e. The summed E-state index contributed by atoms with van der Waals surface area (Å²) in [6.45, 7) is 5.27. The van der Waals surface area contributed by atoms with Gasteiger partial charge in [-0.1, -0.05) is 26.0 Å². The second-order valence-electron chi connectivity index (χ2n) is 7.52. The summed E-state index contributed by atoms with van der Waals surface area (Å²) in [5, 5.41) is 0. The van der Waals surface area contributed by atoms with Crippen LogP contribution in [0.2, 0.25) is 0 Å². The minimum Gasteiger partial charge on any atom is -0.344 e. The number of alkyl halides is 3. The van der Waals surface area contributed by atoms with E-state index in [4.69, 9.17) is 0 Å². The summed E-state index contributed by atoms with van der Waals surface area (Å²) in [7, 11) is 0. The highest BCUT2D eigenvalue weighted by atomic mass is 19.4. The van der Waals surface area contributed by atoms with E-state index in [-0.39, 0.29) is 11.3 Å². The van der Waals surface area contributed by atoms with E-state index in [9.17, 15) is 18.0 Å². The highest BCUT2D eigenvalue weighted by Crippen LogP contribution is 2.53. The van der Waals surface area contributed by atoms with Crippen molar-refractivity contribution in [1.29, 1.82) is 0 Å². The Morgan fingerprint density at radius 3 is 2.48 bits per heavy atom. The zero-order valence-corrected chi connectivity index (χ0v) is 13.5. The Kier molecular flexibility index (Phi) is 3.93. The molecule has 0 aromatic heterocycles. The maximum absolute atomic E-state index is 13.3. The minimum atomic E-state index is -4.30. The van der Waals surface area contributed by atoms with Crippen molar-refractivity contribution < 1.29 is 18.0 Å². The lowest BCUT2D eigenvalue weighted by molar-refractivity contribution is -0.141. The molecule has 0 N–H and O–H groups in total. The van der Waals surface area contributed by atoms with Crippen LogP contribution in [-0.4, -0.2) is 24.4 Å². The van der Waals surface area contributed by atoms with Crippen molar-refractivity contribution in [3.63, 3.8) is 0 Å². The molecular weight excluding hydrogens is 303 g/mol. The smallest absolute Gasteiger partial charge is 0.344 e. The Hall–Kier alpha value is -1.52. The van der Waals surface area contributed by atoms with Gasteiger partial charge in [-0.25, -0.2) is 0 Å². The topological polar surface area (TPSA) is 20.3 Å². The average Bonchev–Trinajstić information content (AvgIpc) is 2.38. The first-order valence-corrected chi connectivity index (χ1v) is 8.12. The van der Waals surface area contributed by atoms with Crippen molar-refractivity contribution in [3.05, 3.63) is 34.9 Å². The molecule has 126 valence electrons. The number of amides is 1. The third-order valence-electron chi connectivity index (χ3n) is 5.26. The maximum Gasteiger partial charge on any atom is 0.416 e. The fraction of sp³-hybridized carbons (Fsp3) is 0.611. The fourth-order valence-corrected chi connectivity index (χ4v) is 4.49. The molecule has 1 saturated heterocycles. The van der Waals surface area contributed by atoms with Crippen molar-refractivity contribution in [3.8, 4) is 0 Å². The Morgan fingerprint density at radius 2 is 1.96 bits per heavy atom. The number of rotatable bonds is 4. The third-order valence-corrected chi connectivity index (χ3v) is 5.26. The molecule has 1 aromatic rings. The number of carbonyl (C=O) groups is 1. The lowest BCUT2D eigenvalue weighted by atomic mass is 9.56. The average molecular weight is 325 g/mol. The van der Waals surface area contributed by atoms with E-state index in [1.807, 2.05) is 19.9 Å². The summed E-state index contributed by atoms with van der Waals surface area (Å²) in [6, 6.07) is 4.55. The molecule has 2 aliphatic rings. The third kappa shape index (κ3) is 2.98. The number of carbonyl (C=O) groups excluding carboxylic acids is 1. The van der Waals surface area contributed by atoms with Gasteiger partial charge < -0.3 is 4.90 Å². The second-order valence-corrected chi connectivity index (χ2v) is 7.52. The lowest BCUT2D eigenvalue weighted by Crippen LogP contribution is -2.61. The van der Waals surface area contributed by atoms with E-state index < -0.39 is 11.7 Å². The summed E-state index contributed by atoms with van der Waals surface area (Å²) in [5.74, 6) is 0.288. The predicted molar refractivity (Wildman–Crippen MR) is 82.0 cm³/mol. The first-order chi connectivity index (χ1) is 10.7. The standard InChI is InChI=1S/C18H22F3NO/c1-12(2)16-14(4-3-5-15(16)18(19,20)21)6-13-7-17(8-13)9-22(10-17)11-23/h3-5,11-13H,6-10H2,1-2H3. The Bertz CT molecular complexity index is 595. The van der Waals surface area contributed by atoms with Gasteiger partial charge in [-0.15, -0.1) is 0 Å². The summed E-state index contributed by atoms with van der Waals surface area (Å²) >= 11 is 0. The Labute approximate surface area is 134 Å². The molecule has 1 saturated carbocycles. The highest BCUT2D eigenvalue weighted by molar-refractivity contribution is 5.49. The van der Waals surface area contributed by atoms with Gasteiger partial charge in [0.25, 0.3) is 0 Å². The SMILES string of the molecule is CC(C)c1c(CC2CC3(C2)CN(C=O)C3)cccc1C(F)(F)F. The van der Waals surface area contributed by atoms with Crippen LogP contribution < -0.4 is 0 Å². The van der Waals surface area contributed by atoms with Crippen LogP contribution in [-0.2, 0) is 17.4 Å². The zero-order chi connectivity index (χ0) is 16.8. The van der Waals surface area contributed by atoms with Crippen LogP contribution in [0.5, 0.6) is 0 Å². The van der Waals surface area contributed by atoms with Crippen molar-refractivity contribution >= 4 is 6.41 Å². The zero-order valence-electron chi connectivity index (χ0n) is 13.5. The van der Waals surface area contributed by atoms with Crippen LogP contribution >= 0.6 is 0 Å². The molecule has 0 atom stereocenters. The molecule has 0 radical (unpaired) electrons. The molecule has 1 heterocycles. The monoisotopic (exact) mass is 325 g/mol. The van der Waals surface area contributed by atoms with Gasteiger partial charge in [-0.2, -0.15) is 13.2 Å². The molecule has 3 rings (SSSR count). The van der Waals surface area contributed by atoms with E-state index in [0.717, 1.165) is 37.9 Å². The van der Waals surface area contributed by atoms with Gasteiger partial charge in [0, 0.05) is 18.5 Å². The summed E-state index contributed by atoms with van der Waals surface area (Å²) in [4.78, 5) is 12.4. The van der Waals surface area contributed by atoms with Crippen LogP contribution in [0.1, 0.15) is 49.3 Å². The molecule has 1 aliphatic heterocycles. The van der Waals surface area contributed by atoms with Crippen molar-refractivity contribution in [2.24, 2.45) is 11.3 Å². The van der Waals surface area contributed by atoms with E-state index in [1.54, 1.807) is 4.90 Å². The normalized spacial score (nSPS) is 20.5. The number of likely N-dealkylation sites (tertiary alicyclic amines) is 1. The van der Waals surface area contributed by atoms with E-state index in [2.05, 4.69) is 0 Å². The quantitative estimate of drug-likeness (QED) is 0.758. The molecule has 1 aliphatic carbocycles. The van der Waals surface area contributed by atoms with Crippen LogP contribution in [0.15, 0.2) is 18.2 Å². The van der Waals surface area contributed by atoms with Gasteiger partial charge in [0.05, 0.1) is 5.56 Å². The van der Waals surface area contributed by atoms with Crippen LogP contribution in [0.25, 0.3) is 0 Å². The maximum atomic E-state index is 13.3. The number of nitrogens with zero attached hydrogens (tertiary/aromatic N) is 1. The predicted octanol–water partition coefficient (Wildman–Crippen LogP) is 4.24. The van der Waals surface area contributed by atoms with Crippen molar-refractivity contribution in [2.45, 2.75) is 45.2 Å². The molecular formula is C18H22F3NO. The van der Waals surface area contributed by atoms with Gasteiger partial charge in [0.1, 0.15) is 0 Å². The summed E-state index contributed by atoms with van der Waals surface area (Å²) in [6.07, 6.45) is -0.673. The highest BCUT2D eigenvalue weighted by Gasteiger charge is 2.51. The van der Waals surface area contributed by atoms with E-state index in [0.29, 0.717) is 17.9 Å². The molecule has 2 nitrogen and oxygen atoms in total. The molecule has 1 spiro atoms. The Morgan fingerprint density at radius 1 is 1.30 bits per heavy atom. The van der Waals surface area contributed by atoms with Gasteiger partial charge >= 0.3 is 6.18 Å². The number of halogens is 3. The first kappa shape index (κ1) is 16.3. The van der Waals surface area contributed by atoms with Gasteiger partial charge in [0.2, 0.25) is 6.41 Å². The van der Waals surface area contributed by atoms with Crippen LogP contribution in [0, 0.1) is 11.3 Å². The summed E-state index contributed by atoms with van der Waals surface area (Å²) in [5.41, 5.74) is 1.05. The van der Waals surface area contributed by atoms with Gasteiger partial charge in [-0.3, -0.25) is 4.79 Å². The molecule has 1 aromatic carbocycles. The fourth-order valence-electron chi connectivity index (χ4n) is 4.49. The molecule has 5 heteroatoms. The van der Waals surface area contributed by atoms with Gasteiger partial charge in [0.15, 0.2) is 0 Å². The molecule has 0 bridgehead atoms. The minimum absolute atomic E-state index is 0.147. The van der Waals surface area contributed by atoms with E-state index >= 15 is 0 Å². The molecule has 1 amide bonds. The van der Waals surface area contributed by atoms with E-state index in [1.165, 1.54) is 12.1 Å². The first-order valence-electron chi connectivity index (χ1n) is 8.12. The number of hydrogen-bond acceptors (Lipinski definition) is 1. The second kappa shape index (κ2) is 5.53. The molecule has 0 unspecified atom stereocenters. The van der Waals surface area contributed by atoms with Crippen molar-refractivity contribution in [1.82, 2.24) is 4.90 Å².